The van der Waals surface area contributed by atoms with E-state index in [1.807, 2.05) is 7.05 Å². The molecule has 1 heterocycles. The Morgan fingerprint density at radius 3 is 2.58 bits per heavy atom. The summed E-state index contributed by atoms with van der Waals surface area (Å²) in [6, 6.07) is 6.36. The summed E-state index contributed by atoms with van der Waals surface area (Å²) in [5.41, 5.74) is 2.37. The third kappa shape index (κ3) is 7.70. The first kappa shape index (κ1) is 23.0. The van der Waals surface area contributed by atoms with Crippen LogP contribution in [0.5, 0.6) is 5.75 Å². The van der Waals surface area contributed by atoms with Crippen molar-refractivity contribution in [3.05, 3.63) is 29.3 Å². The third-order valence-electron chi connectivity index (χ3n) is 4.65. The van der Waals surface area contributed by atoms with Gasteiger partial charge in [-0.1, -0.05) is 12.1 Å². The molecule has 0 aliphatic carbocycles. The van der Waals surface area contributed by atoms with Crippen LogP contribution in [0.4, 0.5) is 0 Å². The lowest BCUT2D eigenvalue weighted by molar-refractivity contribution is 0.220. The van der Waals surface area contributed by atoms with Crippen LogP contribution >= 0.6 is 24.0 Å². The van der Waals surface area contributed by atoms with Gasteiger partial charge in [0.25, 0.3) is 0 Å². The monoisotopic (exact) mass is 474 g/mol. The molecule has 0 aromatic heterocycles. The van der Waals surface area contributed by atoms with Crippen LogP contribution in [0.15, 0.2) is 23.2 Å². The van der Waals surface area contributed by atoms with Crippen LogP contribution in [0.25, 0.3) is 0 Å². The Hall–Kier alpha value is -1.02. The van der Waals surface area contributed by atoms with Crippen molar-refractivity contribution < 1.29 is 4.74 Å². The highest BCUT2D eigenvalue weighted by Crippen LogP contribution is 2.21. The fourth-order valence-electron chi connectivity index (χ4n) is 3.08. The van der Waals surface area contributed by atoms with E-state index in [1.165, 1.54) is 31.5 Å². The normalized spacial score (nSPS) is 16.3. The summed E-state index contributed by atoms with van der Waals surface area (Å²) in [5.74, 6) is 2.54. The van der Waals surface area contributed by atoms with Gasteiger partial charge in [0.05, 0.1) is 6.10 Å². The van der Waals surface area contributed by atoms with E-state index < -0.39 is 0 Å². The summed E-state index contributed by atoms with van der Waals surface area (Å²) < 4.78 is 5.95. The molecule has 1 saturated heterocycles. The first-order chi connectivity index (χ1) is 12.0. The minimum atomic E-state index is 0. The molecule has 0 saturated carbocycles. The summed E-state index contributed by atoms with van der Waals surface area (Å²) in [5, 5.41) is 6.89. The molecule has 0 atom stereocenters. The van der Waals surface area contributed by atoms with E-state index in [0.29, 0.717) is 6.54 Å². The number of likely N-dealkylation sites (tertiary alicyclic amines) is 1. The first-order valence-electron chi connectivity index (χ1n) is 9.37. The number of rotatable bonds is 6. The average molecular weight is 474 g/mol. The Morgan fingerprint density at radius 2 is 1.96 bits per heavy atom. The van der Waals surface area contributed by atoms with Crippen molar-refractivity contribution in [1.29, 1.82) is 0 Å². The van der Waals surface area contributed by atoms with E-state index in [2.05, 4.69) is 66.5 Å². The molecule has 0 spiro atoms. The molecular formula is C20H35IN4O. The number of guanidine groups is 1. The molecular weight excluding hydrogens is 439 g/mol. The number of aliphatic imine (C=N–C) groups is 1. The molecule has 2 rings (SSSR count). The van der Waals surface area contributed by atoms with Crippen molar-refractivity contribution in [3.63, 3.8) is 0 Å². The second-order valence-electron chi connectivity index (χ2n) is 7.33. The quantitative estimate of drug-likeness (QED) is 0.377. The van der Waals surface area contributed by atoms with Gasteiger partial charge >= 0.3 is 0 Å². The van der Waals surface area contributed by atoms with Gasteiger partial charge in [0.2, 0.25) is 0 Å². The maximum absolute atomic E-state index is 5.95. The number of aryl methyl sites for hydroxylation is 1. The van der Waals surface area contributed by atoms with Gasteiger partial charge in [-0.3, -0.25) is 4.99 Å². The fourth-order valence-corrected chi connectivity index (χ4v) is 3.08. The van der Waals surface area contributed by atoms with Crippen LogP contribution in [0.1, 0.15) is 37.8 Å². The van der Waals surface area contributed by atoms with Crippen LogP contribution in [0.3, 0.4) is 0 Å². The maximum Gasteiger partial charge on any atom is 0.191 e. The SMILES string of the molecule is CN=C(NCc1ccc(C)cc1OC(C)C)NCC1CCN(C)CC1.I. The highest BCUT2D eigenvalue weighted by atomic mass is 127. The van der Waals surface area contributed by atoms with Gasteiger partial charge in [0.15, 0.2) is 5.96 Å². The Balaban J connectivity index is 0.00000338. The molecule has 0 unspecified atom stereocenters. The van der Waals surface area contributed by atoms with Gasteiger partial charge in [-0.25, -0.2) is 0 Å². The number of ether oxygens (including phenoxy) is 1. The van der Waals surface area contributed by atoms with Gasteiger partial charge in [0, 0.05) is 25.7 Å². The van der Waals surface area contributed by atoms with Gasteiger partial charge in [0.1, 0.15) is 5.75 Å². The number of benzene rings is 1. The second kappa shape index (κ2) is 11.6. The fraction of sp³-hybridized carbons (Fsp3) is 0.650. The largest absolute Gasteiger partial charge is 0.491 e. The smallest absolute Gasteiger partial charge is 0.191 e. The van der Waals surface area contributed by atoms with Crippen molar-refractivity contribution in [2.24, 2.45) is 10.9 Å². The third-order valence-corrected chi connectivity index (χ3v) is 4.65. The summed E-state index contributed by atoms with van der Waals surface area (Å²) in [6.07, 6.45) is 2.68. The number of halogens is 1. The van der Waals surface area contributed by atoms with Gasteiger partial charge in [-0.15, -0.1) is 24.0 Å². The van der Waals surface area contributed by atoms with E-state index in [1.54, 1.807) is 0 Å². The number of nitrogens with zero attached hydrogens (tertiary/aromatic N) is 2. The molecule has 6 heteroatoms. The summed E-state index contributed by atoms with van der Waals surface area (Å²) in [7, 11) is 4.02. The zero-order valence-electron chi connectivity index (χ0n) is 16.8. The van der Waals surface area contributed by atoms with Gasteiger partial charge in [-0.05, 0) is 71.3 Å². The Morgan fingerprint density at radius 1 is 1.27 bits per heavy atom. The molecule has 26 heavy (non-hydrogen) atoms. The molecule has 5 nitrogen and oxygen atoms in total. The van der Waals surface area contributed by atoms with Crippen LogP contribution in [-0.4, -0.2) is 50.7 Å². The Bertz CT molecular complexity index is 569. The highest BCUT2D eigenvalue weighted by Gasteiger charge is 2.16. The Labute approximate surface area is 176 Å². The molecule has 0 radical (unpaired) electrons. The number of hydrogen-bond acceptors (Lipinski definition) is 3. The summed E-state index contributed by atoms with van der Waals surface area (Å²) in [6.45, 7) is 10.3. The van der Waals surface area contributed by atoms with Gasteiger partial charge < -0.3 is 20.3 Å². The minimum absolute atomic E-state index is 0. The van der Waals surface area contributed by atoms with Crippen LogP contribution < -0.4 is 15.4 Å². The van der Waals surface area contributed by atoms with E-state index in [0.717, 1.165) is 29.7 Å². The van der Waals surface area contributed by atoms with Crippen LogP contribution in [0.2, 0.25) is 0 Å². The summed E-state index contributed by atoms with van der Waals surface area (Å²) in [4.78, 5) is 6.75. The van der Waals surface area contributed by atoms with E-state index in [9.17, 15) is 0 Å². The van der Waals surface area contributed by atoms with Gasteiger partial charge in [-0.2, -0.15) is 0 Å². The van der Waals surface area contributed by atoms with Crippen molar-refractivity contribution in [1.82, 2.24) is 15.5 Å². The minimum Gasteiger partial charge on any atom is -0.491 e. The van der Waals surface area contributed by atoms with E-state index >= 15 is 0 Å². The topological polar surface area (TPSA) is 48.9 Å². The van der Waals surface area contributed by atoms with Crippen molar-refractivity contribution >= 4 is 29.9 Å². The van der Waals surface area contributed by atoms with Crippen LogP contribution in [-0.2, 0) is 6.54 Å². The molecule has 1 aromatic rings. The molecule has 1 aliphatic heterocycles. The molecule has 1 aliphatic rings. The average Bonchev–Trinajstić information content (AvgIpc) is 2.57. The van der Waals surface area contributed by atoms with Crippen molar-refractivity contribution in [2.75, 3.05) is 33.7 Å². The molecule has 0 amide bonds. The molecule has 148 valence electrons. The lowest BCUT2D eigenvalue weighted by Crippen LogP contribution is -2.42. The zero-order valence-corrected chi connectivity index (χ0v) is 19.2. The molecule has 1 fully saturated rings. The molecule has 1 aromatic carbocycles. The van der Waals surface area contributed by atoms with E-state index in [-0.39, 0.29) is 30.1 Å². The lowest BCUT2D eigenvalue weighted by atomic mass is 9.97. The zero-order chi connectivity index (χ0) is 18.2. The predicted octanol–water partition coefficient (Wildman–Crippen LogP) is 3.41. The first-order valence-corrected chi connectivity index (χ1v) is 9.37. The summed E-state index contributed by atoms with van der Waals surface area (Å²) >= 11 is 0. The lowest BCUT2D eigenvalue weighted by Gasteiger charge is -2.29. The molecule has 2 N–H and O–H groups in total. The van der Waals surface area contributed by atoms with E-state index in [4.69, 9.17) is 4.74 Å². The Kier molecular flexibility index (Phi) is 10.3. The molecule has 0 bridgehead atoms. The maximum atomic E-state index is 5.95. The van der Waals surface area contributed by atoms with Crippen molar-refractivity contribution in [3.8, 4) is 5.75 Å². The van der Waals surface area contributed by atoms with Crippen LogP contribution in [0, 0.1) is 12.8 Å². The number of hydrogen-bond donors (Lipinski definition) is 2. The standard InChI is InChI=1S/C20H34N4O.HI/c1-15(2)25-19-12-16(3)6-7-18(19)14-23-20(21-4)22-13-17-8-10-24(5)11-9-17;/h6-7,12,15,17H,8-11,13-14H2,1-5H3,(H2,21,22,23);1H. The number of piperidine rings is 1. The number of nitrogens with one attached hydrogen (secondary N) is 2. The predicted molar refractivity (Wildman–Crippen MR) is 121 cm³/mol. The highest BCUT2D eigenvalue weighted by molar-refractivity contribution is 14.0. The second-order valence-corrected chi connectivity index (χ2v) is 7.33. The van der Waals surface area contributed by atoms with Crippen molar-refractivity contribution in [2.45, 2.75) is 46.3 Å².